The summed E-state index contributed by atoms with van der Waals surface area (Å²) in [5.41, 5.74) is 8.02. The largest absolute Gasteiger partial charge is 0.324 e. The number of thioether (sulfide) groups is 1. The highest BCUT2D eigenvalue weighted by Gasteiger charge is 2.31. The molecule has 2 aromatic rings. The molecule has 3 N–H and O–H groups in total. The fourth-order valence-electron chi connectivity index (χ4n) is 2.15. The molecule has 0 fully saturated rings. The molecule has 0 radical (unpaired) electrons. The maximum absolute atomic E-state index is 12.1. The van der Waals surface area contributed by atoms with Gasteiger partial charge in [-0.2, -0.15) is 0 Å². The van der Waals surface area contributed by atoms with Gasteiger partial charge in [0.1, 0.15) is 6.04 Å². The SMILES string of the molecule is Br.N[C@@H]1C(=O)Nc2ccccc2S[C@@H]1c1ccccc1. The van der Waals surface area contributed by atoms with Crippen molar-refractivity contribution in [2.75, 3.05) is 5.32 Å². The third-order valence-corrected chi connectivity index (χ3v) is 4.59. The van der Waals surface area contributed by atoms with Crippen LogP contribution in [0, 0.1) is 0 Å². The topological polar surface area (TPSA) is 55.1 Å². The van der Waals surface area contributed by atoms with Crippen LogP contribution in [-0.2, 0) is 4.79 Å². The molecule has 3 nitrogen and oxygen atoms in total. The number of amides is 1. The van der Waals surface area contributed by atoms with Crippen LogP contribution < -0.4 is 11.1 Å². The highest BCUT2D eigenvalue weighted by molar-refractivity contribution is 8.93. The van der Waals surface area contributed by atoms with Gasteiger partial charge in [-0.25, -0.2) is 0 Å². The molecule has 2 atom stereocenters. The van der Waals surface area contributed by atoms with Crippen molar-refractivity contribution in [1.29, 1.82) is 0 Å². The highest BCUT2D eigenvalue weighted by atomic mass is 79.9. The van der Waals surface area contributed by atoms with Crippen molar-refractivity contribution in [3.63, 3.8) is 0 Å². The number of anilines is 1. The first kappa shape index (κ1) is 15.1. The van der Waals surface area contributed by atoms with Crippen LogP contribution >= 0.6 is 28.7 Å². The Bertz CT molecular complexity index is 606. The molecule has 0 saturated carbocycles. The first-order chi connectivity index (χ1) is 9.25. The molecule has 104 valence electrons. The Morgan fingerprint density at radius 2 is 1.65 bits per heavy atom. The molecule has 20 heavy (non-hydrogen) atoms. The third kappa shape index (κ3) is 2.90. The van der Waals surface area contributed by atoms with Crippen LogP contribution in [0.1, 0.15) is 10.8 Å². The van der Waals surface area contributed by atoms with Crippen LogP contribution in [0.2, 0.25) is 0 Å². The number of nitrogens with one attached hydrogen (secondary N) is 1. The van der Waals surface area contributed by atoms with Gasteiger partial charge in [-0.05, 0) is 17.7 Å². The lowest BCUT2D eigenvalue weighted by atomic mass is 10.1. The van der Waals surface area contributed by atoms with Crippen LogP contribution in [0.25, 0.3) is 0 Å². The molecule has 0 bridgehead atoms. The molecule has 0 spiro atoms. The van der Waals surface area contributed by atoms with Gasteiger partial charge in [-0.1, -0.05) is 42.5 Å². The summed E-state index contributed by atoms with van der Waals surface area (Å²) in [6.45, 7) is 0. The van der Waals surface area contributed by atoms with Gasteiger partial charge in [-0.15, -0.1) is 28.7 Å². The Hall–Kier alpha value is -1.30. The maximum atomic E-state index is 12.1. The number of halogens is 1. The fourth-order valence-corrected chi connectivity index (χ4v) is 3.39. The standard InChI is InChI=1S/C15H14N2OS.BrH/c16-13-14(10-6-2-1-3-7-10)19-12-9-5-4-8-11(12)17-15(13)18;/h1-9,13-14H,16H2,(H,17,18);1H/t13-,14+;/m0./s1. The molecule has 0 aliphatic carbocycles. The summed E-state index contributed by atoms with van der Waals surface area (Å²) in [4.78, 5) is 13.2. The normalized spacial score (nSPS) is 21.1. The van der Waals surface area contributed by atoms with E-state index in [4.69, 9.17) is 5.73 Å². The lowest BCUT2D eigenvalue weighted by molar-refractivity contribution is -0.117. The minimum absolute atomic E-state index is 0. The van der Waals surface area contributed by atoms with Crippen molar-refractivity contribution in [3.8, 4) is 0 Å². The van der Waals surface area contributed by atoms with Gasteiger partial charge in [0.2, 0.25) is 5.91 Å². The quantitative estimate of drug-likeness (QED) is 0.828. The van der Waals surface area contributed by atoms with Crippen molar-refractivity contribution in [3.05, 3.63) is 60.2 Å². The van der Waals surface area contributed by atoms with Crippen LogP contribution in [-0.4, -0.2) is 11.9 Å². The second kappa shape index (κ2) is 6.43. The number of benzene rings is 2. The number of hydrogen-bond donors (Lipinski definition) is 2. The average Bonchev–Trinajstić information content (AvgIpc) is 2.58. The molecule has 5 heteroatoms. The van der Waals surface area contributed by atoms with Crippen molar-refractivity contribution in [1.82, 2.24) is 0 Å². The van der Waals surface area contributed by atoms with E-state index >= 15 is 0 Å². The lowest BCUT2D eigenvalue weighted by Gasteiger charge is -2.19. The molecular formula is C15H15BrN2OS. The Morgan fingerprint density at radius 1 is 1.00 bits per heavy atom. The Kier molecular flexibility index (Phi) is 4.86. The maximum Gasteiger partial charge on any atom is 0.242 e. The van der Waals surface area contributed by atoms with E-state index in [0.717, 1.165) is 16.1 Å². The van der Waals surface area contributed by atoms with E-state index in [0.29, 0.717) is 0 Å². The number of hydrogen-bond acceptors (Lipinski definition) is 3. The van der Waals surface area contributed by atoms with Gasteiger partial charge in [0, 0.05) is 4.90 Å². The van der Waals surface area contributed by atoms with Crippen molar-refractivity contribution < 1.29 is 4.79 Å². The minimum Gasteiger partial charge on any atom is -0.324 e. The van der Waals surface area contributed by atoms with E-state index in [1.165, 1.54) is 0 Å². The van der Waals surface area contributed by atoms with Gasteiger partial charge >= 0.3 is 0 Å². The molecular weight excluding hydrogens is 336 g/mol. The lowest BCUT2D eigenvalue weighted by Crippen LogP contribution is -2.38. The number of rotatable bonds is 1. The molecule has 0 saturated heterocycles. The summed E-state index contributed by atoms with van der Waals surface area (Å²) < 4.78 is 0. The second-order valence-electron chi connectivity index (χ2n) is 4.46. The zero-order valence-electron chi connectivity index (χ0n) is 10.7. The molecule has 0 aromatic heterocycles. The van der Waals surface area contributed by atoms with E-state index in [-0.39, 0.29) is 28.1 Å². The molecule has 1 aliphatic heterocycles. The first-order valence-corrected chi connectivity index (χ1v) is 7.01. The van der Waals surface area contributed by atoms with E-state index < -0.39 is 6.04 Å². The monoisotopic (exact) mass is 350 g/mol. The third-order valence-electron chi connectivity index (χ3n) is 3.16. The molecule has 1 aliphatic rings. The van der Waals surface area contributed by atoms with Crippen molar-refractivity contribution >= 4 is 40.3 Å². The smallest absolute Gasteiger partial charge is 0.242 e. The van der Waals surface area contributed by atoms with Crippen LogP contribution in [0.15, 0.2) is 59.5 Å². The van der Waals surface area contributed by atoms with E-state index in [1.54, 1.807) is 11.8 Å². The average molecular weight is 351 g/mol. The minimum atomic E-state index is -0.556. The molecule has 0 unspecified atom stereocenters. The predicted octanol–water partition coefficient (Wildman–Crippen LogP) is 3.38. The first-order valence-electron chi connectivity index (χ1n) is 6.13. The Labute approximate surface area is 132 Å². The van der Waals surface area contributed by atoms with Crippen molar-refractivity contribution in [2.45, 2.75) is 16.2 Å². The van der Waals surface area contributed by atoms with Gasteiger partial charge in [0.25, 0.3) is 0 Å². The fraction of sp³-hybridized carbons (Fsp3) is 0.133. The molecule has 3 rings (SSSR count). The summed E-state index contributed by atoms with van der Waals surface area (Å²) >= 11 is 1.63. The van der Waals surface area contributed by atoms with Gasteiger partial charge < -0.3 is 11.1 Å². The second-order valence-corrected chi connectivity index (χ2v) is 5.64. The van der Waals surface area contributed by atoms with E-state index in [1.807, 2.05) is 54.6 Å². The molecule has 1 heterocycles. The van der Waals surface area contributed by atoms with Crippen LogP contribution in [0.3, 0.4) is 0 Å². The van der Waals surface area contributed by atoms with E-state index in [2.05, 4.69) is 5.32 Å². The number of para-hydroxylation sites is 1. The Balaban J connectivity index is 0.00000147. The summed E-state index contributed by atoms with van der Waals surface area (Å²) in [5.74, 6) is -0.133. The summed E-state index contributed by atoms with van der Waals surface area (Å²) in [6.07, 6.45) is 0. The number of carbonyl (C=O) groups excluding carboxylic acids is 1. The molecule has 1 amide bonds. The number of carbonyl (C=O) groups is 1. The van der Waals surface area contributed by atoms with Gasteiger partial charge in [0.05, 0.1) is 10.9 Å². The highest BCUT2D eigenvalue weighted by Crippen LogP contribution is 2.42. The van der Waals surface area contributed by atoms with Gasteiger partial charge in [0.15, 0.2) is 0 Å². The number of fused-ring (bicyclic) bond motifs is 1. The summed E-state index contributed by atoms with van der Waals surface area (Å²) in [5, 5.41) is 2.82. The zero-order chi connectivity index (χ0) is 13.2. The predicted molar refractivity (Wildman–Crippen MR) is 88.4 cm³/mol. The van der Waals surface area contributed by atoms with E-state index in [9.17, 15) is 4.79 Å². The van der Waals surface area contributed by atoms with Crippen molar-refractivity contribution in [2.24, 2.45) is 5.73 Å². The zero-order valence-corrected chi connectivity index (χ0v) is 13.2. The number of nitrogens with two attached hydrogens (primary N) is 1. The summed E-state index contributed by atoms with van der Waals surface area (Å²) in [6, 6.07) is 17.2. The summed E-state index contributed by atoms with van der Waals surface area (Å²) in [7, 11) is 0. The molecule has 2 aromatic carbocycles. The van der Waals surface area contributed by atoms with Crippen LogP contribution in [0.4, 0.5) is 5.69 Å². The Morgan fingerprint density at radius 3 is 2.40 bits per heavy atom. The van der Waals surface area contributed by atoms with Gasteiger partial charge in [-0.3, -0.25) is 4.79 Å². The van der Waals surface area contributed by atoms with Crippen LogP contribution in [0.5, 0.6) is 0 Å².